The van der Waals surface area contributed by atoms with Crippen LogP contribution in [-0.4, -0.2) is 29.1 Å². The van der Waals surface area contributed by atoms with Gasteiger partial charge >= 0.3 is 5.97 Å². The van der Waals surface area contributed by atoms with Crippen molar-refractivity contribution in [2.75, 3.05) is 12.0 Å². The fraction of sp³-hybridized carbons (Fsp3) is 0.0417. The second-order valence-electron chi connectivity index (χ2n) is 6.72. The summed E-state index contributed by atoms with van der Waals surface area (Å²) in [6.45, 7) is 0. The second kappa shape index (κ2) is 9.46. The summed E-state index contributed by atoms with van der Waals surface area (Å²) in [5.74, 6) is -0.717. The Balaban J connectivity index is 1.86. The maximum absolute atomic E-state index is 13.5. The molecule has 0 saturated carbocycles. The molecule has 0 unspecified atom stereocenters. The molecular formula is C24H17ClN2O6. The molecule has 0 spiro atoms. The van der Waals surface area contributed by atoms with Crippen LogP contribution < -0.4 is 14.4 Å². The van der Waals surface area contributed by atoms with E-state index in [2.05, 4.69) is 4.98 Å². The molecule has 0 aliphatic rings. The standard InChI is InChI=1S/C24H17ClN2O6/c1-31-20-9-7-17(13-21(20)33-22-5-3-11-32-22)27(23(28)15-4-2-10-26-14-15)16-6-8-19(25)18(12-16)24(29)30/h2-14H,1H3,(H,29,30). The highest BCUT2D eigenvalue weighted by molar-refractivity contribution is 6.33. The number of benzene rings is 2. The van der Waals surface area contributed by atoms with E-state index in [-0.39, 0.29) is 16.5 Å². The number of furan rings is 1. The SMILES string of the molecule is COc1ccc(N(C(=O)c2cccnc2)c2ccc(Cl)c(C(=O)O)c2)cc1Oc1ccco1. The molecule has 33 heavy (non-hydrogen) atoms. The summed E-state index contributed by atoms with van der Waals surface area (Å²) < 4.78 is 16.4. The number of carboxylic acids is 1. The van der Waals surface area contributed by atoms with Crippen LogP contribution in [0.2, 0.25) is 5.02 Å². The lowest BCUT2D eigenvalue weighted by atomic mass is 10.1. The van der Waals surface area contributed by atoms with E-state index in [9.17, 15) is 14.7 Å². The van der Waals surface area contributed by atoms with Crippen molar-refractivity contribution >= 4 is 34.9 Å². The van der Waals surface area contributed by atoms with Crippen molar-refractivity contribution in [3.05, 3.63) is 95.5 Å². The molecule has 0 aliphatic heterocycles. The molecule has 0 saturated heterocycles. The molecule has 0 aliphatic carbocycles. The van der Waals surface area contributed by atoms with E-state index in [1.165, 1.54) is 36.6 Å². The smallest absolute Gasteiger partial charge is 0.337 e. The predicted molar refractivity (Wildman–Crippen MR) is 121 cm³/mol. The van der Waals surface area contributed by atoms with Gasteiger partial charge in [0.05, 0.1) is 40.9 Å². The molecule has 166 valence electrons. The number of carbonyl (C=O) groups is 2. The summed E-state index contributed by atoms with van der Waals surface area (Å²) in [5, 5.41) is 9.56. The fourth-order valence-electron chi connectivity index (χ4n) is 3.13. The molecule has 1 amide bonds. The number of aromatic nitrogens is 1. The van der Waals surface area contributed by atoms with Gasteiger partial charge in [-0.1, -0.05) is 11.6 Å². The van der Waals surface area contributed by atoms with Crippen LogP contribution in [0.1, 0.15) is 20.7 Å². The number of carbonyl (C=O) groups excluding carboxylic acids is 1. The van der Waals surface area contributed by atoms with Gasteiger partial charge in [-0.3, -0.25) is 14.7 Å². The number of hydrogen-bond acceptors (Lipinski definition) is 6. The van der Waals surface area contributed by atoms with Gasteiger partial charge in [0.1, 0.15) is 0 Å². The summed E-state index contributed by atoms with van der Waals surface area (Å²) in [6, 6.07) is 15.7. The topological polar surface area (TPSA) is 102 Å². The minimum absolute atomic E-state index is 0.0524. The highest BCUT2D eigenvalue weighted by atomic mass is 35.5. The Morgan fingerprint density at radius 3 is 2.48 bits per heavy atom. The van der Waals surface area contributed by atoms with Crippen molar-refractivity contribution in [2.24, 2.45) is 0 Å². The minimum atomic E-state index is -1.22. The first-order valence-corrected chi connectivity index (χ1v) is 10.0. The number of amides is 1. The van der Waals surface area contributed by atoms with Crippen molar-refractivity contribution in [3.63, 3.8) is 0 Å². The number of aromatic carboxylic acids is 1. The molecule has 0 fully saturated rings. The van der Waals surface area contributed by atoms with Crippen molar-refractivity contribution in [3.8, 4) is 17.4 Å². The first-order chi connectivity index (χ1) is 16.0. The number of rotatable bonds is 7. The Hall–Kier alpha value is -4.30. The van der Waals surface area contributed by atoms with E-state index in [0.29, 0.717) is 28.4 Å². The third kappa shape index (κ3) is 4.65. The van der Waals surface area contributed by atoms with Gasteiger partial charge in [0.25, 0.3) is 11.9 Å². The molecule has 0 radical (unpaired) electrons. The number of halogens is 1. The van der Waals surface area contributed by atoms with Gasteiger partial charge in [-0.25, -0.2) is 4.79 Å². The van der Waals surface area contributed by atoms with Crippen molar-refractivity contribution in [2.45, 2.75) is 0 Å². The Labute approximate surface area is 193 Å². The molecule has 1 N–H and O–H groups in total. The molecule has 8 nitrogen and oxygen atoms in total. The van der Waals surface area contributed by atoms with Crippen molar-refractivity contribution in [1.82, 2.24) is 4.98 Å². The highest BCUT2D eigenvalue weighted by Crippen LogP contribution is 2.38. The Bertz CT molecular complexity index is 1290. The van der Waals surface area contributed by atoms with Crippen LogP contribution in [0.5, 0.6) is 17.4 Å². The lowest BCUT2D eigenvalue weighted by Gasteiger charge is -2.24. The summed E-state index contributed by atoms with van der Waals surface area (Å²) in [4.78, 5) is 30.5. The van der Waals surface area contributed by atoms with Crippen LogP contribution in [-0.2, 0) is 0 Å². The molecule has 4 rings (SSSR count). The first-order valence-electron chi connectivity index (χ1n) is 9.64. The van der Waals surface area contributed by atoms with Crippen molar-refractivity contribution in [1.29, 1.82) is 0 Å². The molecule has 2 heterocycles. The Kier molecular flexibility index (Phi) is 6.28. The number of anilines is 2. The fourth-order valence-corrected chi connectivity index (χ4v) is 3.33. The average Bonchev–Trinajstić information content (AvgIpc) is 3.34. The number of carboxylic acid groups (broad SMARTS) is 1. The van der Waals surface area contributed by atoms with E-state index in [1.54, 1.807) is 54.7 Å². The number of hydrogen-bond donors (Lipinski definition) is 1. The van der Waals surface area contributed by atoms with Gasteiger partial charge in [0.15, 0.2) is 11.5 Å². The minimum Gasteiger partial charge on any atom is -0.493 e. The Morgan fingerprint density at radius 1 is 1.03 bits per heavy atom. The number of ether oxygens (including phenoxy) is 2. The van der Waals surface area contributed by atoms with Crippen LogP contribution in [0.4, 0.5) is 11.4 Å². The number of nitrogens with zero attached hydrogens (tertiary/aromatic N) is 2. The summed E-state index contributed by atoms with van der Waals surface area (Å²) in [6.07, 6.45) is 4.44. The number of methoxy groups -OCH3 is 1. The van der Waals surface area contributed by atoms with E-state index in [4.69, 9.17) is 25.5 Å². The predicted octanol–water partition coefficient (Wildman–Crippen LogP) is 5.81. The van der Waals surface area contributed by atoms with Gasteiger partial charge in [0.2, 0.25) is 0 Å². The third-order valence-corrected chi connectivity index (χ3v) is 4.99. The molecule has 0 bridgehead atoms. The maximum Gasteiger partial charge on any atom is 0.337 e. The molecule has 2 aromatic heterocycles. The monoisotopic (exact) mass is 464 g/mol. The molecule has 4 aromatic rings. The normalized spacial score (nSPS) is 10.5. The number of pyridine rings is 1. The summed E-state index contributed by atoms with van der Waals surface area (Å²) in [7, 11) is 1.49. The summed E-state index contributed by atoms with van der Waals surface area (Å²) in [5.41, 5.74) is 0.844. The highest BCUT2D eigenvalue weighted by Gasteiger charge is 2.24. The molecule has 0 atom stereocenters. The lowest BCUT2D eigenvalue weighted by molar-refractivity contribution is 0.0696. The van der Waals surface area contributed by atoms with Crippen LogP contribution in [0, 0.1) is 0 Å². The van der Waals surface area contributed by atoms with Gasteiger partial charge in [0, 0.05) is 24.5 Å². The second-order valence-corrected chi connectivity index (χ2v) is 7.13. The van der Waals surface area contributed by atoms with Crippen LogP contribution in [0.3, 0.4) is 0 Å². The van der Waals surface area contributed by atoms with E-state index < -0.39 is 11.9 Å². The molecule has 9 heteroatoms. The lowest BCUT2D eigenvalue weighted by Crippen LogP contribution is -2.26. The van der Waals surface area contributed by atoms with Gasteiger partial charge in [-0.05, 0) is 48.5 Å². The Morgan fingerprint density at radius 2 is 1.82 bits per heavy atom. The maximum atomic E-state index is 13.5. The molecule has 2 aromatic carbocycles. The summed E-state index contributed by atoms with van der Waals surface area (Å²) >= 11 is 6.04. The van der Waals surface area contributed by atoms with Crippen LogP contribution >= 0.6 is 11.6 Å². The van der Waals surface area contributed by atoms with Gasteiger partial charge in [-0.2, -0.15) is 0 Å². The van der Waals surface area contributed by atoms with Crippen molar-refractivity contribution < 1.29 is 28.6 Å². The van der Waals surface area contributed by atoms with Gasteiger partial charge in [-0.15, -0.1) is 0 Å². The van der Waals surface area contributed by atoms with Crippen LogP contribution in [0.15, 0.2) is 83.7 Å². The van der Waals surface area contributed by atoms with Crippen LogP contribution in [0.25, 0.3) is 0 Å². The van der Waals surface area contributed by atoms with E-state index in [0.717, 1.165) is 0 Å². The van der Waals surface area contributed by atoms with E-state index >= 15 is 0 Å². The zero-order valence-electron chi connectivity index (χ0n) is 17.3. The zero-order valence-corrected chi connectivity index (χ0v) is 18.0. The quantitative estimate of drug-likeness (QED) is 0.368. The largest absolute Gasteiger partial charge is 0.493 e. The molecular weight excluding hydrogens is 448 g/mol. The average molecular weight is 465 g/mol. The third-order valence-electron chi connectivity index (χ3n) is 4.66. The van der Waals surface area contributed by atoms with E-state index in [1.807, 2.05) is 0 Å². The first kappa shape index (κ1) is 21.9. The van der Waals surface area contributed by atoms with Gasteiger partial charge < -0.3 is 19.0 Å². The zero-order chi connectivity index (χ0) is 23.4.